The number of carbonyl (C=O) groups is 1. The molecular weight excluding hydrogens is 435 g/mol. The summed E-state index contributed by atoms with van der Waals surface area (Å²) in [4.78, 5) is 31.4. The van der Waals surface area contributed by atoms with Crippen LogP contribution >= 0.6 is 11.5 Å². The van der Waals surface area contributed by atoms with Gasteiger partial charge >= 0.3 is 6.03 Å². The molecule has 3 aromatic rings. The lowest BCUT2D eigenvalue weighted by Gasteiger charge is -2.21. The summed E-state index contributed by atoms with van der Waals surface area (Å²) in [7, 11) is 0. The van der Waals surface area contributed by atoms with Crippen LogP contribution in [-0.2, 0) is 6.42 Å². The monoisotopic (exact) mass is 456 g/mol. The number of rotatable bonds is 5. The van der Waals surface area contributed by atoms with Crippen LogP contribution in [0.25, 0.3) is 0 Å². The Labute approximate surface area is 187 Å². The highest BCUT2D eigenvalue weighted by molar-refractivity contribution is 7.09. The second-order valence-electron chi connectivity index (χ2n) is 7.36. The number of amides is 2. The molecule has 1 aliphatic rings. The summed E-state index contributed by atoms with van der Waals surface area (Å²) in [5, 5.41) is 14.4. The Hall–Kier alpha value is -3.60. The largest absolute Gasteiger partial charge is 0.345 e. The molecule has 1 aliphatic heterocycles. The Morgan fingerprint density at radius 1 is 1.09 bits per heavy atom. The van der Waals surface area contributed by atoms with E-state index < -0.39 is 4.92 Å². The number of hydrogen-bond acceptors (Lipinski definition) is 7. The van der Waals surface area contributed by atoms with Crippen molar-refractivity contribution in [1.82, 2.24) is 14.3 Å². The molecule has 1 aromatic heterocycles. The van der Waals surface area contributed by atoms with Crippen LogP contribution in [0.2, 0.25) is 0 Å². The quantitative estimate of drug-likeness (QED) is 0.461. The number of hydrogen-bond donors (Lipinski definition) is 1. The van der Waals surface area contributed by atoms with Crippen LogP contribution in [-0.4, -0.2) is 51.4 Å². The lowest BCUT2D eigenvalue weighted by atomic mass is 10.1. The summed E-state index contributed by atoms with van der Waals surface area (Å²) in [5.74, 6) is 0.418. The van der Waals surface area contributed by atoms with E-state index >= 15 is 0 Å². The number of nitro benzene ring substituents is 1. The van der Waals surface area contributed by atoms with E-state index in [4.69, 9.17) is 0 Å². The number of anilines is 2. The van der Waals surface area contributed by atoms with E-state index in [0.717, 1.165) is 23.7 Å². The number of urea groups is 1. The molecule has 1 saturated heterocycles. The summed E-state index contributed by atoms with van der Waals surface area (Å²) in [6, 6.07) is 11.8. The Morgan fingerprint density at radius 3 is 2.56 bits per heavy atom. The summed E-state index contributed by atoms with van der Waals surface area (Å²) in [6.45, 7) is 2.49. The Morgan fingerprint density at radius 2 is 1.84 bits per heavy atom. The zero-order valence-electron chi connectivity index (χ0n) is 17.1. The summed E-state index contributed by atoms with van der Waals surface area (Å²) in [6.07, 6.45) is 1.31. The van der Waals surface area contributed by atoms with E-state index in [2.05, 4.69) is 19.6 Å². The molecule has 1 fully saturated rings. The first-order chi connectivity index (χ1) is 15.5. The molecule has 0 saturated carbocycles. The first kappa shape index (κ1) is 21.6. The molecule has 9 nitrogen and oxygen atoms in total. The highest BCUT2D eigenvalue weighted by atomic mass is 32.1. The van der Waals surface area contributed by atoms with Gasteiger partial charge in [0, 0.05) is 62.0 Å². The number of non-ortho nitro benzene ring substituents is 1. The highest BCUT2D eigenvalue weighted by Crippen LogP contribution is 2.21. The van der Waals surface area contributed by atoms with E-state index in [1.807, 2.05) is 0 Å². The van der Waals surface area contributed by atoms with E-state index in [-0.39, 0.29) is 17.5 Å². The average molecular weight is 457 g/mol. The smallest absolute Gasteiger partial charge is 0.321 e. The van der Waals surface area contributed by atoms with Gasteiger partial charge in [0.25, 0.3) is 5.69 Å². The number of carbonyl (C=O) groups excluding carboxylic acids is 1. The van der Waals surface area contributed by atoms with Crippen molar-refractivity contribution in [2.45, 2.75) is 12.8 Å². The zero-order valence-corrected chi connectivity index (χ0v) is 17.9. The van der Waals surface area contributed by atoms with Gasteiger partial charge in [-0.05, 0) is 36.2 Å². The normalized spacial score (nSPS) is 14.2. The van der Waals surface area contributed by atoms with Crippen molar-refractivity contribution in [1.29, 1.82) is 0 Å². The minimum Gasteiger partial charge on any atom is -0.345 e. The fourth-order valence-corrected chi connectivity index (χ4v) is 4.15. The lowest BCUT2D eigenvalue weighted by molar-refractivity contribution is -0.384. The molecule has 0 atom stereocenters. The molecule has 1 N–H and O–H groups in total. The average Bonchev–Trinajstić information content (AvgIpc) is 3.10. The number of nitrogens with zero attached hydrogens (tertiary/aromatic N) is 5. The maximum absolute atomic E-state index is 13.1. The second kappa shape index (κ2) is 9.69. The number of nitrogens with one attached hydrogen (secondary N) is 1. The van der Waals surface area contributed by atoms with E-state index in [0.29, 0.717) is 37.6 Å². The van der Waals surface area contributed by atoms with Crippen molar-refractivity contribution in [2.75, 3.05) is 36.4 Å². The molecule has 2 heterocycles. The molecule has 0 aliphatic carbocycles. The predicted octanol–water partition coefficient (Wildman–Crippen LogP) is 3.92. The molecule has 0 radical (unpaired) electrons. The van der Waals surface area contributed by atoms with Crippen LogP contribution < -0.4 is 10.2 Å². The maximum atomic E-state index is 13.1. The second-order valence-corrected chi connectivity index (χ2v) is 8.09. The molecule has 32 heavy (non-hydrogen) atoms. The van der Waals surface area contributed by atoms with Gasteiger partial charge in [-0.1, -0.05) is 12.1 Å². The van der Waals surface area contributed by atoms with Gasteiger partial charge in [-0.2, -0.15) is 4.37 Å². The van der Waals surface area contributed by atoms with Gasteiger partial charge < -0.3 is 15.1 Å². The molecule has 0 spiro atoms. The Balaban J connectivity index is 1.32. The topological polar surface area (TPSA) is 104 Å². The van der Waals surface area contributed by atoms with Crippen molar-refractivity contribution in [3.8, 4) is 0 Å². The summed E-state index contributed by atoms with van der Waals surface area (Å²) in [5.41, 5.74) is 1.43. The van der Waals surface area contributed by atoms with Crippen molar-refractivity contribution >= 4 is 34.1 Å². The van der Waals surface area contributed by atoms with Crippen molar-refractivity contribution in [3.05, 3.63) is 75.9 Å². The first-order valence-electron chi connectivity index (χ1n) is 10.1. The zero-order chi connectivity index (χ0) is 22.5. The number of aromatic nitrogens is 2. The van der Waals surface area contributed by atoms with Crippen molar-refractivity contribution in [2.24, 2.45) is 0 Å². The fraction of sp³-hybridized carbons (Fsp3) is 0.286. The van der Waals surface area contributed by atoms with E-state index in [1.165, 1.54) is 47.9 Å². The van der Waals surface area contributed by atoms with Gasteiger partial charge in [0.2, 0.25) is 5.13 Å². The molecule has 0 unspecified atom stereocenters. The van der Waals surface area contributed by atoms with Gasteiger partial charge in [0.15, 0.2) is 0 Å². The van der Waals surface area contributed by atoms with Gasteiger partial charge in [0.1, 0.15) is 11.6 Å². The molecule has 0 bridgehead atoms. The summed E-state index contributed by atoms with van der Waals surface area (Å²) < 4.78 is 17.5. The van der Waals surface area contributed by atoms with Gasteiger partial charge in [-0.3, -0.25) is 10.1 Å². The number of nitro groups is 1. The molecule has 166 valence electrons. The predicted molar refractivity (Wildman–Crippen MR) is 120 cm³/mol. The van der Waals surface area contributed by atoms with Crippen LogP contribution in [0.1, 0.15) is 17.8 Å². The third-order valence-electron chi connectivity index (χ3n) is 5.12. The minimum absolute atomic E-state index is 0.0238. The van der Waals surface area contributed by atoms with Gasteiger partial charge in [-0.15, -0.1) is 0 Å². The SMILES string of the molecule is O=C(Nc1ccc([N+](=O)[O-])cc1)N1CCCN(c2nc(Cc3ccc(F)cc3)ns2)CC1. The Bertz CT molecular complexity index is 1090. The number of benzene rings is 2. The Kier molecular flexibility index (Phi) is 6.55. The first-order valence-corrected chi connectivity index (χ1v) is 10.9. The molecule has 11 heteroatoms. The van der Waals surface area contributed by atoms with E-state index in [9.17, 15) is 19.3 Å². The van der Waals surface area contributed by atoms with Crippen molar-refractivity contribution in [3.63, 3.8) is 0 Å². The minimum atomic E-state index is -0.479. The molecule has 4 rings (SSSR count). The van der Waals surface area contributed by atoms with Crippen LogP contribution in [0.15, 0.2) is 48.5 Å². The molecular formula is C21H21FN6O3S. The fourth-order valence-electron chi connectivity index (χ4n) is 3.41. The van der Waals surface area contributed by atoms with Gasteiger partial charge in [0.05, 0.1) is 4.92 Å². The van der Waals surface area contributed by atoms with Crippen LogP contribution in [0.3, 0.4) is 0 Å². The van der Waals surface area contributed by atoms with Crippen LogP contribution in [0, 0.1) is 15.9 Å². The van der Waals surface area contributed by atoms with Crippen molar-refractivity contribution < 1.29 is 14.1 Å². The molecule has 2 aromatic carbocycles. The molecule has 2 amide bonds. The highest BCUT2D eigenvalue weighted by Gasteiger charge is 2.21. The number of halogens is 1. The van der Waals surface area contributed by atoms with Crippen LogP contribution in [0.5, 0.6) is 0 Å². The third kappa shape index (κ3) is 5.35. The van der Waals surface area contributed by atoms with Crippen LogP contribution in [0.4, 0.5) is 25.7 Å². The maximum Gasteiger partial charge on any atom is 0.321 e. The third-order valence-corrected chi connectivity index (χ3v) is 5.93. The van der Waals surface area contributed by atoms with Gasteiger partial charge in [-0.25, -0.2) is 14.2 Å². The lowest BCUT2D eigenvalue weighted by Crippen LogP contribution is -2.38. The summed E-state index contributed by atoms with van der Waals surface area (Å²) >= 11 is 1.32. The van der Waals surface area contributed by atoms with E-state index in [1.54, 1.807) is 17.0 Å². The standard InChI is InChI=1S/C21H21FN6O3S/c22-16-4-2-15(3-5-16)14-19-24-21(32-25-19)27-11-1-10-26(12-13-27)20(29)23-17-6-8-18(9-7-17)28(30)31/h2-9H,1,10-14H2,(H,23,29).